The highest BCUT2D eigenvalue weighted by Gasteiger charge is 2.38. The predicted molar refractivity (Wildman–Crippen MR) is 94.9 cm³/mol. The third kappa shape index (κ3) is 3.38. The Kier molecular flexibility index (Phi) is 4.88. The number of aromatic nitrogens is 2. The van der Waals surface area contributed by atoms with Gasteiger partial charge in [-0.2, -0.15) is 0 Å². The van der Waals surface area contributed by atoms with Gasteiger partial charge in [-0.05, 0) is 18.8 Å². The summed E-state index contributed by atoms with van der Waals surface area (Å²) in [6.45, 7) is 1.77. The van der Waals surface area contributed by atoms with Gasteiger partial charge in [-0.3, -0.25) is 14.2 Å². The summed E-state index contributed by atoms with van der Waals surface area (Å²) in [5.41, 5.74) is -0.678. The van der Waals surface area contributed by atoms with Crippen LogP contribution in [0.2, 0.25) is 0 Å². The highest BCUT2D eigenvalue weighted by atomic mass is 16.2. The summed E-state index contributed by atoms with van der Waals surface area (Å²) in [4.78, 5) is 56.4. The fourth-order valence-electron chi connectivity index (χ4n) is 3.83. The molecule has 1 N–H and O–H groups in total. The van der Waals surface area contributed by atoms with Gasteiger partial charge in [0.05, 0.1) is 6.42 Å². The summed E-state index contributed by atoms with van der Waals surface area (Å²) < 4.78 is 0.967. The number of fused-ring (bicyclic) bond motifs is 4. The molecule has 3 saturated heterocycles. The molecule has 9 nitrogen and oxygen atoms in total. The van der Waals surface area contributed by atoms with Gasteiger partial charge in [0.15, 0.2) is 0 Å². The molecule has 2 atom stereocenters. The van der Waals surface area contributed by atoms with Crippen LogP contribution in [-0.2, 0) is 18.3 Å². The van der Waals surface area contributed by atoms with E-state index in [0.717, 1.165) is 17.4 Å². The van der Waals surface area contributed by atoms with E-state index in [0.29, 0.717) is 19.6 Å². The van der Waals surface area contributed by atoms with Crippen LogP contribution < -0.4 is 11.2 Å². The molecule has 0 radical (unpaired) electrons. The highest BCUT2D eigenvalue weighted by Crippen LogP contribution is 2.28. The van der Waals surface area contributed by atoms with Gasteiger partial charge < -0.3 is 19.7 Å². The summed E-state index contributed by atoms with van der Waals surface area (Å²) in [7, 11) is 4.84. The Morgan fingerprint density at radius 1 is 1.19 bits per heavy atom. The lowest BCUT2D eigenvalue weighted by atomic mass is 9.94. The van der Waals surface area contributed by atoms with Crippen molar-refractivity contribution in [2.45, 2.75) is 25.3 Å². The van der Waals surface area contributed by atoms with Crippen LogP contribution in [0, 0.1) is 5.92 Å². The number of aromatic amines is 1. The molecule has 1 aromatic heterocycles. The smallest absolute Gasteiger partial charge is 0.328 e. The largest absolute Gasteiger partial charge is 0.337 e. The van der Waals surface area contributed by atoms with Crippen molar-refractivity contribution in [3.63, 3.8) is 0 Å². The molecule has 4 rings (SSSR count). The van der Waals surface area contributed by atoms with Crippen molar-refractivity contribution in [2.24, 2.45) is 13.0 Å². The zero-order valence-corrected chi connectivity index (χ0v) is 15.4. The number of carbonyl (C=O) groups is 2. The van der Waals surface area contributed by atoms with Crippen LogP contribution in [0.25, 0.3) is 0 Å². The van der Waals surface area contributed by atoms with Crippen molar-refractivity contribution in [3.05, 3.63) is 32.6 Å². The topological polar surface area (TPSA) is 98.7 Å². The monoisotopic (exact) mass is 363 g/mol. The molecule has 3 fully saturated rings. The molecule has 3 aliphatic heterocycles. The van der Waals surface area contributed by atoms with Gasteiger partial charge in [-0.25, -0.2) is 9.59 Å². The summed E-state index contributed by atoms with van der Waals surface area (Å²) in [6, 6.07) is -0.0672. The lowest BCUT2D eigenvalue weighted by Gasteiger charge is -2.36. The van der Waals surface area contributed by atoms with Crippen molar-refractivity contribution < 1.29 is 9.59 Å². The molecule has 2 bridgehead atoms. The molecule has 0 unspecified atom stereocenters. The molecular formula is C17H25N5O4. The standard InChI is InChI=1S/C17H25N5O4/c1-19(2)17(26)21-8-11-4-5-13(10-21)22(9-11)14(23)6-12-7-18-16(25)20(3)15(12)24/h7,11,13H,4-6,8-10H2,1-3H3,(H,18,25)/t11-,13+/m1/s1. The minimum absolute atomic E-state index is 0.0308. The lowest BCUT2D eigenvalue weighted by molar-refractivity contribution is -0.134. The van der Waals surface area contributed by atoms with E-state index in [4.69, 9.17) is 0 Å². The molecule has 3 amide bonds. The number of piperidine rings is 1. The zero-order valence-electron chi connectivity index (χ0n) is 15.4. The van der Waals surface area contributed by atoms with Crippen LogP contribution in [0.1, 0.15) is 18.4 Å². The van der Waals surface area contributed by atoms with Gasteiger partial charge in [0.25, 0.3) is 5.56 Å². The van der Waals surface area contributed by atoms with Crippen LogP contribution in [0.3, 0.4) is 0 Å². The van der Waals surface area contributed by atoms with Crippen LogP contribution in [0.4, 0.5) is 4.79 Å². The molecule has 0 aliphatic carbocycles. The Morgan fingerprint density at radius 2 is 1.92 bits per heavy atom. The number of rotatable bonds is 2. The van der Waals surface area contributed by atoms with E-state index in [-0.39, 0.29) is 35.9 Å². The van der Waals surface area contributed by atoms with E-state index < -0.39 is 11.2 Å². The van der Waals surface area contributed by atoms with Crippen molar-refractivity contribution in [1.82, 2.24) is 24.3 Å². The maximum atomic E-state index is 12.8. The van der Waals surface area contributed by atoms with Gasteiger partial charge in [0, 0.05) is 58.6 Å². The van der Waals surface area contributed by atoms with E-state index in [1.807, 2.05) is 9.80 Å². The molecule has 0 saturated carbocycles. The Morgan fingerprint density at radius 3 is 2.62 bits per heavy atom. The first-order chi connectivity index (χ1) is 12.3. The molecule has 142 valence electrons. The van der Waals surface area contributed by atoms with Crippen LogP contribution in [0.15, 0.2) is 15.8 Å². The number of amides is 3. The zero-order chi connectivity index (χ0) is 19.0. The van der Waals surface area contributed by atoms with Crippen LogP contribution >= 0.6 is 0 Å². The third-order valence-corrected chi connectivity index (χ3v) is 5.28. The van der Waals surface area contributed by atoms with E-state index in [1.54, 1.807) is 19.0 Å². The van der Waals surface area contributed by atoms with Crippen LogP contribution in [-0.4, -0.2) is 76.0 Å². The second-order valence-electron chi connectivity index (χ2n) is 7.39. The van der Waals surface area contributed by atoms with Crippen molar-refractivity contribution in [1.29, 1.82) is 0 Å². The summed E-state index contributed by atoms with van der Waals surface area (Å²) >= 11 is 0. The summed E-state index contributed by atoms with van der Waals surface area (Å²) in [5.74, 6) is 0.114. The Labute approximate surface area is 151 Å². The SMILES string of the molecule is CN(C)C(=O)N1C[C@H]2CC[C@@H](C1)N(C(=O)Cc1c[nH]c(=O)n(C)c1=O)C2. The molecule has 0 spiro atoms. The first kappa shape index (κ1) is 18.2. The maximum absolute atomic E-state index is 12.8. The summed E-state index contributed by atoms with van der Waals surface area (Å²) in [5, 5.41) is 0. The molecular weight excluding hydrogens is 338 g/mol. The Balaban J connectivity index is 1.77. The fourth-order valence-corrected chi connectivity index (χ4v) is 3.83. The third-order valence-electron chi connectivity index (χ3n) is 5.28. The fraction of sp³-hybridized carbons (Fsp3) is 0.647. The molecule has 26 heavy (non-hydrogen) atoms. The number of hydrogen-bond donors (Lipinski definition) is 1. The van der Waals surface area contributed by atoms with Gasteiger partial charge in [-0.1, -0.05) is 0 Å². The molecule has 3 aliphatic rings. The normalized spacial score (nSPS) is 22.3. The summed E-state index contributed by atoms with van der Waals surface area (Å²) in [6.07, 6.45) is 3.12. The molecule has 1 aromatic rings. The minimum Gasteiger partial charge on any atom is -0.337 e. The average molecular weight is 363 g/mol. The number of carbonyl (C=O) groups excluding carboxylic acids is 2. The number of nitrogens with one attached hydrogen (secondary N) is 1. The van der Waals surface area contributed by atoms with E-state index in [1.165, 1.54) is 13.2 Å². The van der Waals surface area contributed by atoms with Gasteiger partial charge >= 0.3 is 11.7 Å². The average Bonchev–Trinajstić information content (AvgIpc) is 2.93. The molecule has 9 heteroatoms. The van der Waals surface area contributed by atoms with Crippen molar-refractivity contribution in [2.75, 3.05) is 33.7 Å². The van der Waals surface area contributed by atoms with Crippen molar-refractivity contribution in [3.8, 4) is 0 Å². The van der Waals surface area contributed by atoms with Gasteiger partial charge in [0.1, 0.15) is 0 Å². The molecule has 0 aromatic carbocycles. The highest BCUT2D eigenvalue weighted by molar-refractivity contribution is 5.79. The Bertz CT molecular complexity index is 827. The predicted octanol–water partition coefficient (Wildman–Crippen LogP) is -0.779. The second-order valence-corrected chi connectivity index (χ2v) is 7.39. The first-order valence-electron chi connectivity index (χ1n) is 8.81. The number of urea groups is 1. The van der Waals surface area contributed by atoms with Gasteiger partial charge in [-0.15, -0.1) is 0 Å². The number of hydrogen-bond acceptors (Lipinski definition) is 4. The molecule has 4 heterocycles. The lowest BCUT2D eigenvalue weighted by Crippen LogP contribution is -2.49. The minimum atomic E-state index is -0.502. The van der Waals surface area contributed by atoms with E-state index in [2.05, 4.69) is 4.98 Å². The number of H-pyrrole nitrogens is 1. The second kappa shape index (κ2) is 6.97. The first-order valence-corrected chi connectivity index (χ1v) is 8.81. The van der Waals surface area contributed by atoms with Crippen molar-refractivity contribution >= 4 is 11.9 Å². The van der Waals surface area contributed by atoms with E-state index >= 15 is 0 Å². The quantitative estimate of drug-likeness (QED) is 0.745. The van der Waals surface area contributed by atoms with E-state index in [9.17, 15) is 19.2 Å². The number of nitrogens with zero attached hydrogens (tertiary/aromatic N) is 4. The Hall–Kier alpha value is -2.58. The van der Waals surface area contributed by atoms with Gasteiger partial charge in [0.2, 0.25) is 5.91 Å². The maximum Gasteiger partial charge on any atom is 0.328 e. The van der Waals surface area contributed by atoms with Crippen LogP contribution in [0.5, 0.6) is 0 Å².